The zero-order valence-corrected chi connectivity index (χ0v) is 9.68. The van der Waals surface area contributed by atoms with Crippen LogP contribution in [0.3, 0.4) is 0 Å². The van der Waals surface area contributed by atoms with Crippen LogP contribution in [0, 0.1) is 0 Å². The maximum atomic E-state index is 6.12. The summed E-state index contributed by atoms with van der Waals surface area (Å²) < 4.78 is 5.28. The number of nitrogens with zero attached hydrogens (tertiary/aromatic N) is 1. The summed E-state index contributed by atoms with van der Waals surface area (Å²) in [6, 6.07) is 7.70. The first kappa shape index (κ1) is 11.5. The van der Waals surface area contributed by atoms with Crippen LogP contribution in [0.4, 0.5) is 0 Å². The van der Waals surface area contributed by atoms with Gasteiger partial charge in [-0.2, -0.15) is 0 Å². The molecule has 1 atom stereocenters. The van der Waals surface area contributed by atoms with Gasteiger partial charge in [-0.15, -0.1) is 0 Å². The van der Waals surface area contributed by atoms with Crippen molar-refractivity contribution >= 4 is 5.84 Å². The molecule has 5 nitrogen and oxygen atoms in total. The van der Waals surface area contributed by atoms with Crippen LogP contribution in [0.1, 0.15) is 5.56 Å². The van der Waals surface area contributed by atoms with Crippen LogP contribution < -0.4 is 21.5 Å². The van der Waals surface area contributed by atoms with Crippen LogP contribution in [-0.4, -0.2) is 18.7 Å². The number of para-hydroxylation sites is 1. The highest BCUT2D eigenvalue weighted by Gasteiger charge is 2.26. The Bertz CT molecular complexity index is 469. The van der Waals surface area contributed by atoms with Crippen LogP contribution in [-0.2, 0) is 6.42 Å². The van der Waals surface area contributed by atoms with Crippen LogP contribution in [0.15, 0.2) is 41.5 Å². The molecular formula is C12H16N4O. The molecule has 0 spiro atoms. The van der Waals surface area contributed by atoms with Gasteiger partial charge in [-0.25, -0.2) is 4.99 Å². The van der Waals surface area contributed by atoms with Gasteiger partial charge in [-0.1, -0.05) is 18.2 Å². The highest BCUT2D eigenvalue weighted by Crippen LogP contribution is 2.22. The van der Waals surface area contributed by atoms with Gasteiger partial charge in [-0.05, 0) is 17.7 Å². The summed E-state index contributed by atoms with van der Waals surface area (Å²) in [7, 11) is 1.63. The van der Waals surface area contributed by atoms with E-state index in [1.54, 1.807) is 19.4 Å². The molecule has 0 aromatic heterocycles. The summed E-state index contributed by atoms with van der Waals surface area (Å²) in [6.07, 6.45) is 3.88. The normalized spacial score (nSPS) is 22.8. The van der Waals surface area contributed by atoms with Crippen molar-refractivity contribution in [2.75, 3.05) is 7.11 Å². The van der Waals surface area contributed by atoms with E-state index in [4.69, 9.17) is 16.2 Å². The number of rotatable bonds is 3. The smallest absolute Gasteiger partial charge is 0.188 e. The van der Waals surface area contributed by atoms with Crippen molar-refractivity contribution in [3.8, 4) is 5.75 Å². The van der Waals surface area contributed by atoms with Crippen molar-refractivity contribution in [2.45, 2.75) is 12.2 Å². The third-order valence-corrected chi connectivity index (χ3v) is 2.57. The monoisotopic (exact) mass is 232 g/mol. The van der Waals surface area contributed by atoms with E-state index >= 15 is 0 Å². The van der Waals surface area contributed by atoms with E-state index in [2.05, 4.69) is 10.3 Å². The molecule has 0 bridgehead atoms. The maximum absolute atomic E-state index is 6.12. The van der Waals surface area contributed by atoms with Gasteiger partial charge in [0.25, 0.3) is 0 Å². The number of nitrogens with one attached hydrogen (secondary N) is 1. The fraction of sp³-hybridized carbons (Fsp3) is 0.250. The van der Waals surface area contributed by atoms with Gasteiger partial charge in [0, 0.05) is 12.6 Å². The van der Waals surface area contributed by atoms with E-state index in [0.717, 1.165) is 11.3 Å². The summed E-state index contributed by atoms with van der Waals surface area (Å²) >= 11 is 0. The molecule has 0 fully saturated rings. The molecule has 1 aliphatic rings. The van der Waals surface area contributed by atoms with Gasteiger partial charge in [-0.3, -0.25) is 5.73 Å². The summed E-state index contributed by atoms with van der Waals surface area (Å²) in [6.45, 7) is 0. The lowest BCUT2D eigenvalue weighted by Gasteiger charge is -2.28. The molecule has 1 aromatic rings. The van der Waals surface area contributed by atoms with Crippen molar-refractivity contribution in [1.82, 2.24) is 5.32 Å². The molecule has 0 saturated heterocycles. The first-order chi connectivity index (χ1) is 8.13. The van der Waals surface area contributed by atoms with E-state index in [1.165, 1.54) is 0 Å². The van der Waals surface area contributed by atoms with Crippen LogP contribution >= 0.6 is 0 Å². The Labute approximate surface area is 100 Å². The zero-order chi connectivity index (χ0) is 12.3. The van der Waals surface area contributed by atoms with E-state index in [9.17, 15) is 0 Å². The van der Waals surface area contributed by atoms with Gasteiger partial charge in [0.1, 0.15) is 11.6 Å². The van der Waals surface area contributed by atoms with Gasteiger partial charge < -0.3 is 15.8 Å². The highest BCUT2D eigenvalue weighted by atomic mass is 16.5. The molecule has 2 rings (SSSR count). The highest BCUT2D eigenvalue weighted by molar-refractivity contribution is 5.92. The third kappa shape index (κ3) is 2.57. The fourth-order valence-corrected chi connectivity index (χ4v) is 1.80. The Morgan fingerprint density at radius 3 is 2.88 bits per heavy atom. The molecular weight excluding hydrogens is 216 g/mol. The Morgan fingerprint density at radius 1 is 1.41 bits per heavy atom. The standard InChI is InChI=1S/C12H16N4O/c1-17-10-5-3-2-4-9(10)8-12(14)15-7-6-11(13)16-12/h2-7,15H,8,14H2,1H3,(H2,13,16). The lowest BCUT2D eigenvalue weighted by molar-refractivity contribution is 0.370. The summed E-state index contributed by atoms with van der Waals surface area (Å²) in [5, 5.41) is 3.00. The number of nitrogens with two attached hydrogens (primary N) is 2. The Hall–Kier alpha value is -2.01. The number of aliphatic imine (C=N–C) groups is 1. The minimum atomic E-state index is -0.909. The van der Waals surface area contributed by atoms with Crippen molar-refractivity contribution in [3.05, 3.63) is 42.1 Å². The lowest BCUT2D eigenvalue weighted by Crippen LogP contribution is -2.54. The van der Waals surface area contributed by atoms with E-state index in [0.29, 0.717) is 12.3 Å². The van der Waals surface area contributed by atoms with Gasteiger partial charge >= 0.3 is 0 Å². The van der Waals surface area contributed by atoms with Crippen LogP contribution in [0.2, 0.25) is 0 Å². The quantitative estimate of drug-likeness (QED) is 0.700. The largest absolute Gasteiger partial charge is 0.496 e. The van der Waals surface area contributed by atoms with E-state index < -0.39 is 5.79 Å². The predicted molar refractivity (Wildman–Crippen MR) is 67.5 cm³/mol. The summed E-state index contributed by atoms with van der Waals surface area (Å²) in [5.41, 5.74) is 12.7. The van der Waals surface area contributed by atoms with Crippen molar-refractivity contribution in [1.29, 1.82) is 0 Å². The number of ether oxygens (including phenoxy) is 1. The SMILES string of the molecule is COc1ccccc1CC1(N)N=C(N)C=CN1. The van der Waals surface area contributed by atoms with Crippen molar-refractivity contribution < 1.29 is 4.74 Å². The molecule has 1 aromatic carbocycles. The average Bonchev–Trinajstić information content (AvgIpc) is 2.29. The second-order valence-corrected chi connectivity index (χ2v) is 3.93. The fourth-order valence-electron chi connectivity index (χ4n) is 1.80. The third-order valence-electron chi connectivity index (χ3n) is 2.57. The molecule has 5 N–H and O–H groups in total. The number of hydrogen-bond acceptors (Lipinski definition) is 5. The summed E-state index contributed by atoms with van der Waals surface area (Å²) in [5.74, 6) is 0.302. The number of hydrogen-bond donors (Lipinski definition) is 3. The molecule has 5 heteroatoms. The van der Waals surface area contributed by atoms with Gasteiger partial charge in [0.05, 0.1) is 7.11 Å². The number of benzene rings is 1. The second kappa shape index (κ2) is 4.47. The Kier molecular flexibility index (Phi) is 3.01. The summed E-state index contributed by atoms with van der Waals surface area (Å²) in [4.78, 5) is 4.20. The van der Waals surface area contributed by atoms with Crippen LogP contribution in [0.25, 0.3) is 0 Å². The molecule has 90 valence electrons. The number of amidine groups is 1. The van der Waals surface area contributed by atoms with Gasteiger partial charge in [0.2, 0.25) is 0 Å². The second-order valence-electron chi connectivity index (χ2n) is 3.93. The first-order valence-electron chi connectivity index (χ1n) is 5.33. The molecule has 1 heterocycles. The lowest BCUT2D eigenvalue weighted by atomic mass is 10.1. The minimum absolute atomic E-state index is 0.418. The Balaban J connectivity index is 2.23. The molecule has 0 aliphatic carbocycles. The first-order valence-corrected chi connectivity index (χ1v) is 5.33. The molecule has 1 aliphatic heterocycles. The molecule has 0 amide bonds. The topological polar surface area (TPSA) is 85.7 Å². The predicted octanol–water partition coefficient (Wildman–Crippen LogP) is 0.324. The Morgan fingerprint density at radius 2 is 2.18 bits per heavy atom. The van der Waals surface area contributed by atoms with E-state index in [-0.39, 0.29) is 0 Å². The van der Waals surface area contributed by atoms with Crippen molar-refractivity contribution in [3.63, 3.8) is 0 Å². The minimum Gasteiger partial charge on any atom is -0.496 e. The van der Waals surface area contributed by atoms with Crippen molar-refractivity contribution in [2.24, 2.45) is 16.5 Å². The zero-order valence-electron chi connectivity index (χ0n) is 9.68. The van der Waals surface area contributed by atoms with Gasteiger partial charge in [0.15, 0.2) is 5.79 Å². The number of methoxy groups -OCH3 is 1. The molecule has 1 unspecified atom stereocenters. The maximum Gasteiger partial charge on any atom is 0.188 e. The molecule has 17 heavy (non-hydrogen) atoms. The average molecular weight is 232 g/mol. The van der Waals surface area contributed by atoms with Crippen LogP contribution in [0.5, 0.6) is 5.75 Å². The molecule has 0 saturated carbocycles. The molecule has 0 radical (unpaired) electrons. The van der Waals surface area contributed by atoms with E-state index in [1.807, 2.05) is 24.3 Å².